The number of hydrogen-bond acceptors (Lipinski definition) is 8. The lowest BCUT2D eigenvalue weighted by molar-refractivity contribution is -0.137. The zero-order valence-electron chi connectivity index (χ0n) is 23.3. The van der Waals surface area contributed by atoms with Crippen LogP contribution in [0.1, 0.15) is 28.6 Å². The molecule has 0 saturated heterocycles. The molecule has 1 aromatic heterocycles. The third-order valence-corrected chi connectivity index (χ3v) is 7.34. The summed E-state index contributed by atoms with van der Waals surface area (Å²) in [5, 5.41) is 3.37. The topological polar surface area (TPSA) is 103 Å². The number of carbonyl (C=O) groups is 2. The molecule has 216 valence electrons. The normalized spacial score (nSPS) is 12.5. The van der Waals surface area contributed by atoms with Crippen molar-refractivity contribution in [2.24, 2.45) is 0 Å². The largest absolute Gasteiger partial charge is 0.497 e. The summed E-state index contributed by atoms with van der Waals surface area (Å²) in [5.74, 6) is 0.462. The van der Waals surface area contributed by atoms with Gasteiger partial charge in [0, 0.05) is 29.7 Å². The van der Waals surface area contributed by atoms with Crippen LogP contribution < -0.4 is 19.5 Å². The minimum Gasteiger partial charge on any atom is -0.497 e. The van der Waals surface area contributed by atoms with Crippen LogP contribution >= 0.6 is 11.8 Å². The van der Waals surface area contributed by atoms with Crippen LogP contribution in [-0.2, 0) is 16.1 Å². The van der Waals surface area contributed by atoms with Crippen molar-refractivity contribution >= 4 is 29.3 Å². The second-order valence-electron chi connectivity index (χ2n) is 9.60. The van der Waals surface area contributed by atoms with E-state index < -0.39 is 17.8 Å². The number of benzene rings is 3. The van der Waals surface area contributed by atoms with E-state index in [9.17, 15) is 14.0 Å². The maximum absolute atomic E-state index is 14.0. The standard InChI is InChI=1S/C31H29FN4O5S/c1-19-14-20(2)34-31(33-19)42-17-28(37)36(16-21-4-11-25(39-3)12-5-21)29(22-6-8-23(32)9-7-22)30(38)35-24-10-13-26-27(15-24)41-18-40-26/h4-15,29H,16-18H2,1-3H3,(H,35,38)/t29-/m0/s1. The fourth-order valence-corrected chi connectivity index (χ4v) is 5.36. The van der Waals surface area contributed by atoms with Gasteiger partial charge in [0.05, 0.1) is 12.9 Å². The summed E-state index contributed by atoms with van der Waals surface area (Å²) in [4.78, 5) is 38.2. The number of carbonyl (C=O) groups excluding carboxylic acids is 2. The summed E-state index contributed by atoms with van der Waals surface area (Å²) >= 11 is 1.19. The minimum atomic E-state index is -1.09. The predicted octanol–water partition coefficient (Wildman–Crippen LogP) is 5.47. The van der Waals surface area contributed by atoms with Gasteiger partial charge in [0.15, 0.2) is 16.7 Å². The molecule has 4 aromatic rings. The van der Waals surface area contributed by atoms with E-state index in [1.165, 1.54) is 40.9 Å². The van der Waals surface area contributed by atoms with Crippen molar-refractivity contribution in [2.45, 2.75) is 31.6 Å². The Kier molecular flexibility index (Phi) is 8.87. The molecule has 1 aliphatic heterocycles. The van der Waals surface area contributed by atoms with Crippen molar-refractivity contribution in [3.05, 3.63) is 101 Å². The lowest BCUT2D eigenvalue weighted by Crippen LogP contribution is -2.41. The Morgan fingerprint density at radius 1 is 0.976 bits per heavy atom. The second-order valence-corrected chi connectivity index (χ2v) is 10.5. The van der Waals surface area contributed by atoms with Gasteiger partial charge in [-0.1, -0.05) is 36.0 Å². The van der Waals surface area contributed by atoms with Gasteiger partial charge in [-0.05, 0) is 67.4 Å². The molecule has 0 saturated carbocycles. The number of nitrogens with one attached hydrogen (secondary N) is 1. The number of rotatable bonds is 10. The summed E-state index contributed by atoms with van der Waals surface area (Å²) in [6, 6.07) is 18.6. The summed E-state index contributed by atoms with van der Waals surface area (Å²) in [6.07, 6.45) is 0. The molecule has 0 spiro atoms. The molecule has 1 N–H and O–H groups in total. The van der Waals surface area contributed by atoms with Gasteiger partial charge in [-0.2, -0.15) is 0 Å². The van der Waals surface area contributed by atoms with Crippen LogP contribution in [0.3, 0.4) is 0 Å². The lowest BCUT2D eigenvalue weighted by atomic mass is 10.0. The third kappa shape index (κ3) is 6.98. The molecule has 1 atom stereocenters. The van der Waals surface area contributed by atoms with Gasteiger partial charge in [-0.15, -0.1) is 0 Å². The fourth-order valence-electron chi connectivity index (χ4n) is 4.52. The highest BCUT2D eigenvalue weighted by atomic mass is 32.2. The number of methoxy groups -OCH3 is 1. The van der Waals surface area contributed by atoms with Gasteiger partial charge in [0.2, 0.25) is 12.7 Å². The first-order valence-electron chi connectivity index (χ1n) is 13.1. The summed E-state index contributed by atoms with van der Waals surface area (Å²) in [6.45, 7) is 3.92. The number of amides is 2. The Morgan fingerprint density at radius 2 is 1.67 bits per heavy atom. The van der Waals surface area contributed by atoms with Gasteiger partial charge >= 0.3 is 0 Å². The third-order valence-electron chi connectivity index (χ3n) is 6.50. The number of aromatic nitrogens is 2. The van der Waals surface area contributed by atoms with Crippen LogP contribution in [0.4, 0.5) is 10.1 Å². The molecule has 42 heavy (non-hydrogen) atoms. The molecular weight excluding hydrogens is 559 g/mol. The molecule has 0 fully saturated rings. The van der Waals surface area contributed by atoms with E-state index in [1.807, 2.05) is 32.0 Å². The number of thioether (sulfide) groups is 1. The Hall–Kier alpha value is -4.64. The van der Waals surface area contributed by atoms with Crippen molar-refractivity contribution in [3.63, 3.8) is 0 Å². The van der Waals surface area contributed by atoms with E-state index in [2.05, 4.69) is 15.3 Å². The van der Waals surface area contributed by atoms with E-state index in [4.69, 9.17) is 14.2 Å². The molecule has 3 aromatic carbocycles. The molecule has 11 heteroatoms. The minimum absolute atomic E-state index is 0.0198. The maximum atomic E-state index is 14.0. The number of aryl methyl sites for hydroxylation is 2. The first-order chi connectivity index (χ1) is 20.3. The lowest BCUT2D eigenvalue weighted by Gasteiger charge is -2.31. The van der Waals surface area contributed by atoms with Crippen molar-refractivity contribution in [2.75, 3.05) is 25.0 Å². The fraction of sp³-hybridized carbons (Fsp3) is 0.226. The van der Waals surface area contributed by atoms with Crippen molar-refractivity contribution in [1.82, 2.24) is 14.9 Å². The Labute approximate surface area is 247 Å². The van der Waals surface area contributed by atoms with E-state index in [-0.39, 0.29) is 25.0 Å². The molecule has 0 unspecified atom stereocenters. The zero-order chi connectivity index (χ0) is 29.6. The molecule has 1 aliphatic rings. The average Bonchev–Trinajstić information content (AvgIpc) is 3.44. The Balaban J connectivity index is 1.48. The maximum Gasteiger partial charge on any atom is 0.251 e. The van der Waals surface area contributed by atoms with Gasteiger partial charge < -0.3 is 24.4 Å². The summed E-state index contributed by atoms with van der Waals surface area (Å²) < 4.78 is 30.0. The Bertz CT molecular complexity index is 1560. The number of anilines is 1. The van der Waals surface area contributed by atoms with E-state index in [0.29, 0.717) is 33.7 Å². The van der Waals surface area contributed by atoms with Gasteiger partial charge in [0.1, 0.15) is 17.6 Å². The predicted molar refractivity (Wildman–Crippen MR) is 156 cm³/mol. The number of hydrogen-bond donors (Lipinski definition) is 1. The number of nitrogens with zero attached hydrogens (tertiary/aromatic N) is 3. The van der Waals surface area contributed by atoms with Crippen LogP contribution in [-0.4, -0.2) is 46.3 Å². The molecule has 9 nitrogen and oxygen atoms in total. The molecule has 2 amide bonds. The highest BCUT2D eigenvalue weighted by Crippen LogP contribution is 2.35. The zero-order valence-corrected chi connectivity index (χ0v) is 24.1. The van der Waals surface area contributed by atoms with E-state index in [1.54, 1.807) is 37.4 Å². The summed E-state index contributed by atoms with van der Waals surface area (Å²) in [5.41, 5.74) is 3.27. The van der Waals surface area contributed by atoms with E-state index in [0.717, 1.165) is 17.0 Å². The van der Waals surface area contributed by atoms with Crippen molar-refractivity contribution < 1.29 is 28.2 Å². The summed E-state index contributed by atoms with van der Waals surface area (Å²) in [7, 11) is 1.57. The van der Waals surface area contributed by atoms with E-state index >= 15 is 0 Å². The smallest absolute Gasteiger partial charge is 0.251 e. The molecule has 5 rings (SSSR count). The second kappa shape index (κ2) is 12.9. The Morgan fingerprint density at radius 3 is 2.36 bits per heavy atom. The number of halogens is 1. The van der Waals surface area contributed by atoms with Crippen molar-refractivity contribution in [3.8, 4) is 17.2 Å². The van der Waals surface area contributed by atoms with Crippen LogP contribution in [0.2, 0.25) is 0 Å². The van der Waals surface area contributed by atoms with Crippen molar-refractivity contribution in [1.29, 1.82) is 0 Å². The number of ether oxygens (including phenoxy) is 3. The SMILES string of the molecule is COc1ccc(CN(C(=O)CSc2nc(C)cc(C)n2)[C@H](C(=O)Nc2ccc3c(c2)OCO3)c2ccc(F)cc2)cc1. The average molecular weight is 589 g/mol. The van der Waals surface area contributed by atoms with Gasteiger partial charge in [-0.25, -0.2) is 14.4 Å². The van der Waals surface area contributed by atoms with Crippen LogP contribution in [0, 0.1) is 19.7 Å². The molecular formula is C31H29FN4O5S. The monoisotopic (exact) mass is 588 g/mol. The molecule has 2 heterocycles. The molecule has 0 aliphatic carbocycles. The highest BCUT2D eigenvalue weighted by Gasteiger charge is 2.32. The molecule has 0 radical (unpaired) electrons. The highest BCUT2D eigenvalue weighted by molar-refractivity contribution is 7.99. The van der Waals surface area contributed by atoms with Gasteiger partial charge in [0.25, 0.3) is 5.91 Å². The van der Waals surface area contributed by atoms with Crippen LogP contribution in [0.5, 0.6) is 17.2 Å². The number of fused-ring (bicyclic) bond motifs is 1. The quantitative estimate of drug-likeness (QED) is 0.192. The molecule has 0 bridgehead atoms. The van der Waals surface area contributed by atoms with Crippen LogP contribution in [0.15, 0.2) is 78.0 Å². The first-order valence-corrected chi connectivity index (χ1v) is 14.1. The van der Waals surface area contributed by atoms with Crippen LogP contribution in [0.25, 0.3) is 0 Å². The van der Waals surface area contributed by atoms with Gasteiger partial charge in [-0.3, -0.25) is 9.59 Å². The first kappa shape index (κ1) is 28.9.